The summed E-state index contributed by atoms with van der Waals surface area (Å²) in [6, 6.07) is 0. The second-order valence-corrected chi connectivity index (χ2v) is 0.782. The minimum Gasteiger partial charge on any atom is -0.453 e. The molecule has 0 aromatic rings. The van der Waals surface area contributed by atoms with Gasteiger partial charge in [0.2, 0.25) is 0 Å². The molecule has 0 rings (SSSR count). The van der Waals surface area contributed by atoms with Crippen LogP contribution in [0.3, 0.4) is 0 Å². The Hall–Kier alpha value is 0.00987. The summed E-state index contributed by atoms with van der Waals surface area (Å²) in [7, 11) is -1.27. The smallest absolute Gasteiger partial charge is 0.453 e. The maximum atomic E-state index is 7.89. The third kappa shape index (κ3) is 4.01. The van der Waals surface area contributed by atoms with Crippen molar-refractivity contribution in [2.24, 2.45) is 0 Å². The summed E-state index contributed by atoms with van der Waals surface area (Å²) in [6.07, 6.45) is 0. The van der Waals surface area contributed by atoms with Crippen LogP contribution >= 0.6 is 0 Å². The molecule has 0 unspecified atom stereocenters. The monoisotopic (exact) mass is 88.1 g/mol. The van der Waals surface area contributed by atoms with Gasteiger partial charge in [0, 0.05) is 0 Å². The van der Waals surface area contributed by atoms with Crippen molar-refractivity contribution in [3.8, 4) is 0 Å². The van der Waals surface area contributed by atoms with Gasteiger partial charge in [0.15, 0.2) is 0 Å². The Morgan fingerprint density at radius 3 is 2.17 bits per heavy atom. The van der Waals surface area contributed by atoms with Crippen LogP contribution in [0.1, 0.15) is 0 Å². The van der Waals surface area contributed by atoms with Crippen LogP contribution in [0.2, 0.25) is 6.82 Å². The van der Waals surface area contributed by atoms with Crippen LogP contribution in [0.5, 0.6) is 0 Å². The van der Waals surface area contributed by atoms with Crippen molar-refractivity contribution >= 4 is 14.8 Å². The molecule has 0 radical (unpaired) electrons. The van der Waals surface area contributed by atoms with E-state index in [0.29, 0.717) is 7.48 Å². The first-order chi connectivity index (χ1) is 2.77. The first-order valence-electron chi connectivity index (χ1n) is 1.75. The van der Waals surface area contributed by atoms with E-state index in [1.807, 2.05) is 0 Å². The molecule has 3 nitrogen and oxygen atoms in total. The van der Waals surface area contributed by atoms with E-state index in [2.05, 4.69) is 4.57 Å². The maximum Gasteiger partial charge on any atom is 0.618 e. The normalized spacial score (nSPS) is 7.83. The Kier molecular flexibility index (Phi) is 3.21. The van der Waals surface area contributed by atoms with Gasteiger partial charge in [-0.2, -0.15) is 0 Å². The van der Waals surface area contributed by atoms with Crippen molar-refractivity contribution in [1.29, 1.82) is 0 Å². The molecule has 0 aromatic heterocycles. The zero-order valence-electron chi connectivity index (χ0n) is 3.59. The van der Waals surface area contributed by atoms with Crippen molar-refractivity contribution in [3.63, 3.8) is 0 Å². The van der Waals surface area contributed by atoms with E-state index in [4.69, 9.17) is 10.0 Å². The van der Waals surface area contributed by atoms with Crippen LogP contribution in [-0.2, 0) is 4.57 Å². The van der Waals surface area contributed by atoms with E-state index in [1.54, 1.807) is 6.82 Å². The summed E-state index contributed by atoms with van der Waals surface area (Å²) in [5, 5.41) is 15.8. The lowest BCUT2D eigenvalue weighted by Gasteiger charge is -1.91. The third-order valence-electron chi connectivity index (χ3n) is 0.316. The van der Waals surface area contributed by atoms with Gasteiger partial charge >= 0.3 is 7.32 Å². The molecule has 0 saturated heterocycles. The van der Waals surface area contributed by atoms with Crippen molar-refractivity contribution in [3.05, 3.63) is 0 Å². The molecule has 2 N–H and O–H groups in total. The molecule has 0 amide bonds. The third-order valence-corrected chi connectivity index (χ3v) is 0.316. The highest BCUT2D eigenvalue weighted by molar-refractivity contribution is 6.45. The van der Waals surface area contributed by atoms with Crippen LogP contribution in [-0.4, -0.2) is 24.9 Å². The molecule has 0 spiro atoms. The van der Waals surface area contributed by atoms with Crippen molar-refractivity contribution in [2.75, 3.05) is 0 Å². The summed E-state index contributed by atoms with van der Waals surface area (Å²) < 4.78 is 4.15. The van der Waals surface area contributed by atoms with E-state index in [-0.39, 0.29) is 0 Å². The van der Waals surface area contributed by atoms with Gasteiger partial charge in [-0.15, -0.1) is 0 Å². The fraction of sp³-hybridized carbons (Fsp3) is 1.00. The van der Waals surface area contributed by atoms with Crippen molar-refractivity contribution in [2.45, 2.75) is 6.82 Å². The van der Waals surface area contributed by atoms with Gasteiger partial charge in [0.1, 0.15) is 0 Å². The summed E-state index contributed by atoms with van der Waals surface area (Å²) in [5.41, 5.74) is 0. The first kappa shape index (κ1) is 6.01. The Bertz CT molecular complexity index is 30.0. The second-order valence-electron chi connectivity index (χ2n) is 0.782. The molecule has 0 aromatic carbocycles. The van der Waals surface area contributed by atoms with Crippen molar-refractivity contribution in [1.82, 2.24) is 0 Å². The van der Waals surface area contributed by atoms with Gasteiger partial charge in [0.05, 0.1) is 0 Å². The molecule has 0 saturated carbocycles. The van der Waals surface area contributed by atoms with Gasteiger partial charge in [-0.25, -0.2) is 0 Å². The molecule has 34 valence electrons. The standard InChI is InChI=1S/CH6B2O3/c1-2-6-3(4)5/h2,4-5H,1H3. The number of hydrogen-bond donors (Lipinski definition) is 2. The minimum atomic E-state index is -1.60. The Balaban J connectivity index is 2.63. The van der Waals surface area contributed by atoms with Gasteiger partial charge in [-0.05, 0) is 0 Å². The quantitative estimate of drug-likeness (QED) is 0.398. The van der Waals surface area contributed by atoms with E-state index in [9.17, 15) is 0 Å². The topological polar surface area (TPSA) is 49.7 Å². The summed E-state index contributed by atoms with van der Waals surface area (Å²) in [5.74, 6) is 0. The zero-order chi connectivity index (χ0) is 4.99. The van der Waals surface area contributed by atoms with Gasteiger partial charge in [0.25, 0.3) is 7.48 Å². The lowest BCUT2D eigenvalue weighted by atomic mass is 10.0. The van der Waals surface area contributed by atoms with Crippen molar-refractivity contribution < 1.29 is 14.6 Å². The SMILES string of the molecule is CBOB(O)O. The molecule has 0 aliphatic carbocycles. The molecular formula is CH6B2O3. The largest absolute Gasteiger partial charge is 0.618 e. The average molecular weight is 87.7 g/mol. The van der Waals surface area contributed by atoms with E-state index >= 15 is 0 Å². The molecule has 0 fully saturated rings. The van der Waals surface area contributed by atoms with E-state index in [1.165, 1.54) is 0 Å². The molecule has 0 aliphatic rings. The van der Waals surface area contributed by atoms with E-state index in [0.717, 1.165) is 0 Å². The minimum absolute atomic E-state index is 0.331. The molecule has 0 heterocycles. The van der Waals surface area contributed by atoms with Crippen LogP contribution in [0, 0.1) is 0 Å². The molecule has 0 bridgehead atoms. The lowest BCUT2D eigenvalue weighted by molar-refractivity contribution is 0.296. The summed E-state index contributed by atoms with van der Waals surface area (Å²) >= 11 is 0. The lowest BCUT2D eigenvalue weighted by Crippen LogP contribution is -2.17. The summed E-state index contributed by atoms with van der Waals surface area (Å²) in [4.78, 5) is 0. The Morgan fingerprint density at radius 1 is 1.67 bits per heavy atom. The highest BCUT2D eigenvalue weighted by Crippen LogP contribution is 1.66. The van der Waals surface area contributed by atoms with Crippen LogP contribution in [0.15, 0.2) is 0 Å². The van der Waals surface area contributed by atoms with Crippen LogP contribution in [0.25, 0.3) is 0 Å². The number of rotatable bonds is 2. The van der Waals surface area contributed by atoms with Gasteiger partial charge in [-0.1, -0.05) is 6.82 Å². The Labute approximate surface area is 37.4 Å². The van der Waals surface area contributed by atoms with Crippen LogP contribution in [0.4, 0.5) is 0 Å². The number of hydrogen-bond acceptors (Lipinski definition) is 3. The average Bonchev–Trinajstić information content (AvgIpc) is 1.35. The second kappa shape index (κ2) is 3.21. The zero-order valence-corrected chi connectivity index (χ0v) is 3.59. The molecule has 5 heteroatoms. The molecule has 0 aliphatic heterocycles. The van der Waals surface area contributed by atoms with Gasteiger partial charge < -0.3 is 14.6 Å². The predicted octanol–water partition coefficient (Wildman–Crippen LogP) is -1.63. The fourth-order valence-electron chi connectivity index (χ4n) is 0.149. The highest BCUT2D eigenvalue weighted by atomic mass is 16.6. The maximum absolute atomic E-state index is 7.89. The van der Waals surface area contributed by atoms with Gasteiger partial charge in [-0.3, -0.25) is 0 Å². The molecular weight excluding hydrogens is 81.6 g/mol. The fourth-order valence-corrected chi connectivity index (χ4v) is 0.149. The van der Waals surface area contributed by atoms with E-state index < -0.39 is 7.32 Å². The van der Waals surface area contributed by atoms with Crippen LogP contribution < -0.4 is 0 Å². The molecule has 6 heavy (non-hydrogen) atoms. The molecule has 0 atom stereocenters. The highest BCUT2D eigenvalue weighted by Gasteiger charge is 2.03. The summed E-state index contributed by atoms with van der Waals surface area (Å²) in [6.45, 7) is 1.68. The Morgan fingerprint density at radius 2 is 2.17 bits per heavy atom. The first-order valence-corrected chi connectivity index (χ1v) is 1.75. The predicted molar refractivity (Wildman–Crippen MR) is 24.3 cm³/mol.